The van der Waals surface area contributed by atoms with Crippen LogP contribution in [0.5, 0.6) is 0 Å². The summed E-state index contributed by atoms with van der Waals surface area (Å²) in [5.41, 5.74) is 0.971. The van der Waals surface area contributed by atoms with Crippen LogP contribution in [0.3, 0.4) is 0 Å². The van der Waals surface area contributed by atoms with E-state index in [0.29, 0.717) is 13.0 Å². The second kappa shape index (κ2) is 4.37. The Bertz CT molecular complexity index is 427. The van der Waals surface area contributed by atoms with E-state index in [1.54, 1.807) is 6.92 Å². The second-order valence-corrected chi connectivity index (χ2v) is 4.97. The van der Waals surface area contributed by atoms with E-state index in [4.69, 9.17) is 0 Å². The molecule has 1 atom stereocenters. The molecule has 0 saturated carbocycles. The molecule has 0 aliphatic carbocycles. The van der Waals surface area contributed by atoms with E-state index in [9.17, 15) is 9.59 Å². The minimum atomic E-state index is -0.164. The van der Waals surface area contributed by atoms with Crippen molar-refractivity contribution in [2.45, 2.75) is 19.9 Å². The molecule has 1 aliphatic heterocycles. The van der Waals surface area contributed by atoms with Gasteiger partial charge in [0.15, 0.2) is 0 Å². The third-order valence-electron chi connectivity index (χ3n) is 2.72. The third kappa shape index (κ3) is 2.16. The van der Waals surface area contributed by atoms with Crippen LogP contribution in [0, 0.1) is 5.92 Å². The maximum atomic E-state index is 11.7. The van der Waals surface area contributed by atoms with Crippen molar-refractivity contribution in [3.63, 3.8) is 0 Å². The molecular formula is C12H12BrNO2. The van der Waals surface area contributed by atoms with Crippen LogP contribution in [0.15, 0.2) is 28.7 Å². The third-order valence-corrected chi connectivity index (χ3v) is 3.25. The molecule has 0 bridgehead atoms. The van der Waals surface area contributed by atoms with E-state index in [1.807, 2.05) is 24.3 Å². The first-order valence-electron chi connectivity index (χ1n) is 5.16. The van der Waals surface area contributed by atoms with Crippen LogP contribution < -0.4 is 0 Å². The summed E-state index contributed by atoms with van der Waals surface area (Å²) in [7, 11) is 0. The highest BCUT2D eigenvalue weighted by Crippen LogP contribution is 2.21. The van der Waals surface area contributed by atoms with Gasteiger partial charge in [-0.3, -0.25) is 14.5 Å². The lowest BCUT2D eigenvalue weighted by Crippen LogP contribution is -2.29. The topological polar surface area (TPSA) is 37.4 Å². The summed E-state index contributed by atoms with van der Waals surface area (Å²) in [5.74, 6) is -0.295. The number of carbonyl (C=O) groups excluding carboxylic acids is 2. The van der Waals surface area contributed by atoms with E-state index in [0.717, 1.165) is 10.0 Å². The molecule has 0 spiro atoms. The molecule has 3 nitrogen and oxygen atoms in total. The first kappa shape index (κ1) is 11.3. The van der Waals surface area contributed by atoms with Crippen molar-refractivity contribution in [2.24, 2.45) is 5.92 Å². The lowest BCUT2D eigenvalue weighted by atomic mass is 10.1. The normalized spacial score (nSPS) is 20.6. The van der Waals surface area contributed by atoms with Gasteiger partial charge in [-0.15, -0.1) is 0 Å². The maximum Gasteiger partial charge on any atom is 0.232 e. The van der Waals surface area contributed by atoms with Crippen LogP contribution in [0.2, 0.25) is 0 Å². The van der Waals surface area contributed by atoms with Gasteiger partial charge < -0.3 is 0 Å². The zero-order valence-electron chi connectivity index (χ0n) is 8.94. The number of benzene rings is 1. The maximum absolute atomic E-state index is 11.7. The van der Waals surface area contributed by atoms with Gasteiger partial charge in [0, 0.05) is 16.8 Å². The monoisotopic (exact) mass is 281 g/mol. The molecule has 1 aliphatic rings. The number of likely N-dealkylation sites (tertiary alicyclic amines) is 1. The van der Waals surface area contributed by atoms with Crippen molar-refractivity contribution >= 4 is 27.7 Å². The highest BCUT2D eigenvalue weighted by atomic mass is 79.9. The fourth-order valence-electron chi connectivity index (χ4n) is 1.79. The van der Waals surface area contributed by atoms with Crippen LogP contribution in [-0.2, 0) is 16.1 Å². The lowest BCUT2D eigenvalue weighted by Gasteiger charge is -2.14. The Kier molecular flexibility index (Phi) is 3.10. The quantitative estimate of drug-likeness (QED) is 0.781. The predicted molar refractivity (Wildman–Crippen MR) is 63.5 cm³/mol. The summed E-state index contributed by atoms with van der Waals surface area (Å²) in [5, 5.41) is 0. The fourth-order valence-corrected chi connectivity index (χ4v) is 2.05. The number of hydrogen-bond acceptors (Lipinski definition) is 2. The van der Waals surface area contributed by atoms with Gasteiger partial charge in [0.2, 0.25) is 11.8 Å². The molecule has 84 valence electrons. The molecule has 2 amide bonds. The summed E-state index contributed by atoms with van der Waals surface area (Å²) >= 11 is 3.34. The molecule has 4 heteroatoms. The summed E-state index contributed by atoms with van der Waals surface area (Å²) in [4.78, 5) is 24.6. The average Bonchev–Trinajstić information content (AvgIpc) is 2.48. The summed E-state index contributed by atoms with van der Waals surface area (Å²) < 4.78 is 0.990. The Morgan fingerprint density at radius 2 is 1.94 bits per heavy atom. The highest BCUT2D eigenvalue weighted by molar-refractivity contribution is 9.10. The molecule has 2 rings (SSSR count). The van der Waals surface area contributed by atoms with Crippen molar-refractivity contribution in [1.29, 1.82) is 0 Å². The first-order valence-corrected chi connectivity index (χ1v) is 5.96. The number of hydrogen-bond donors (Lipinski definition) is 0. The molecule has 0 N–H and O–H groups in total. The van der Waals surface area contributed by atoms with Crippen molar-refractivity contribution in [1.82, 2.24) is 4.90 Å². The standard InChI is InChI=1S/C12H12BrNO2/c1-8-6-11(15)14(12(8)16)7-9-2-4-10(13)5-3-9/h2-5,8H,6-7H2,1H3. The first-order chi connectivity index (χ1) is 7.58. The minimum absolute atomic E-state index is 0.0621. The molecule has 1 heterocycles. The molecule has 16 heavy (non-hydrogen) atoms. The Balaban J connectivity index is 2.13. The largest absolute Gasteiger partial charge is 0.278 e. The van der Waals surface area contributed by atoms with Crippen LogP contribution in [0.25, 0.3) is 0 Å². The van der Waals surface area contributed by atoms with Gasteiger partial charge in [0.05, 0.1) is 6.54 Å². The molecule has 1 fully saturated rings. The number of amides is 2. The molecule has 1 aromatic carbocycles. The van der Waals surface area contributed by atoms with Crippen LogP contribution in [0.4, 0.5) is 0 Å². The van der Waals surface area contributed by atoms with Crippen molar-refractivity contribution in [3.8, 4) is 0 Å². The smallest absolute Gasteiger partial charge is 0.232 e. The van der Waals surface area contributed by atoms with Gasteiger partial charge >= 0.3 is 0 Å². The van der Waals surface area contributed by atoms with Gasteiger partial charge in [-0.2, -0.15) is 0 Å². The highest BCUT2D eigenvalue weighted by Gasteiger charge is 2.35. The summed E-state index contributed by atoms with van der Waals surface area (Å²) in [6, 6.07) is 7.63. The van der Waals surface area contributed by atoms with E-state index < -0.39 is 0 Å². The van der Waals surface area contributed by atoms with E-state index in [1.165, 1.54) is 4.90 Å². The van der Waals surface area contributed by atoms with E-state index in [2.05, 4.69) is 15.9 Å². The number of nitrogens with zero attached hydrogens (tertiary/aromatic N) is 1. The number of halogens is 1. The van der Waals surface area contributed by atoms with Gasteiger partial charge in [-0.1, -0.05) is 35.0 Å². The predicted octanol–water partition coefficient (Wildman–Crippen LogP) is 2.34. The molecule has 1 aromatic rings. The van der Waals surface area contributed by atoms with Crippen molar-refractivity contribution in [2.75, 3.05) is 0 Å². The number of imide groups is 1. The van der Waals surface area contributed by atoms with E-state index >= 15 is 0 Å². The van der Waals surface area contributed by atoms with Gasteiger partial charge in [-0.25, -0.2) is 0 Å². The van der Waals surface area contributed by atoms with E-state index in [-0.39, 0.29) is 17.7 Å². The lowest BCUT2D eigenvalue weighted by molar-refractivity contribution is -0.139. The number of rotatable bonds is 2. The van der Waals surface area contributed by atoms with Gasteiger partial charge in [0.1, 0.15) is 0 Å². The molecule has 1 saturated heterocycles. The Morgan fingerprint density at radius 3 is 2.44 bits per heavy atom. The molecule has 0 radical (unpaired) electrons. The van der Waals surface area contributed by atoms with Gasteiger partial charge in [0.25, 0.3) is 0 Å². The molecule has 0 aromatic heterocycles. The average molecular weight is 282 g/mol. The molecular weight excluding hydrogens is 270 g/mol. The zero-order valence-corrected chi connectivity index (χ0v) is 10.5. The molecule has 1 unspecified atom stereocenters. The zero-order chi connectivity index (χ0) is 11.7. The summed E-state index contributed by atoms with van der Waals surface area (Å²) in [6.45, 7) is 2.18. The van der Waals surface area contributed by atoms with Crippen molar-refractivity contribution < 1.29 is 9.59 Å². The fraction of sp³-hybridized carbons (Fsp3) is 0.333. The Hall–Kier alpha value is -1.16. The van der Waals surface area contributed by atoms with Gasteiger partial charge in [-0.05, 0) is 17.7 Å². The SMILES string of the molecule is CC1CC(=O)N(Cc2ccc(Br)cc2)C1=O. The Labute approximate surface area is 103 Å². The Morgan fingerprint density at radius 1 is 1.31 bits per heavy atom. The summed E-state index contributed by atoms with van der Waals surface area (Å²) in [6.07, 6.45) is 0.343. The minimum Gasteiger partial charge on any atom is -0.278 e. The second-order valence-electron chi connectivity index (χ2n) is 4.05. The van der Waals surface area contributed by atoms with Crippen molar-refractivity contribution in [3.05, 3.63) is 34.3 Å². The van der Waals surface area contributed by atoms with Crippen LogP contribution >= 0.6 is 15.9 Å². The number of carbonyl (C=O) groups is 2. The van der Waals surface area contributed by atoms with Crippen LogP contribution in [0.1, 0.15) is 18.9 Å². The van der Waals surface area contributed by atoms with Crippen LogP contribution in [-0.4, -0.2) is 16.7 Å².